The Labute approximate surface area is 161 Å². The van der Waals surface area contributed by atoms with Gasteiger partial charge in [0.2, 0.25) is 0 Å². The SMILES string of the molecule is COc1ccc(F)cc1CCC1CCc2cc(C3CCC(N)C3)ccc2C1. The number of aryl methyl sites for hydroxylation is 2. The number of ether oxygens (including phenoxy) is 1. The van der Waals surface area contributed by atoms with Gasteiger partial charge in [0.15, 0.2) is 0 Å². The van der Waals surface area contributed by atoms with Crippen LogP contribution in [0.1, 0.15) is 60.3 Å². The molecule has 0 amide bonds. The highest BCUT2D eigenvalue weighted by Crippen LogP contribution is 2.37. The first kappa shape index (κ1) is 18.5. The van der Waals surface area contributed by atoms with Gasteiger partial charge in [0, 0.05) is 6.04 Å². The number of rotatable bonds is 5. The van der Waals surface area contributed by atoms with Gasteiger partial charge in [-0.2, -0.15) is 0 Å². The summed E-state index contributed by atoms with van der Waals surface area (Å²) in [6, 6.07) is 12.3. The zero-order valence-electron chi connectivity index (χ0n) is 16.2. The molecule has 0 saturated heterocycles. The van der Waals surface area contributed by atoms with Crippen molar-refractivity contribution in [3.63, 3.8) is 0 Å². The Hall–Kier alpha value is -1.87. The van der Waals surface area contributed by atoms with Crippen LogP contribution in [-0.4, -0.2) is 13.2 Å². The van der Waals surface area contributed by atoms with Gasteiger partial charge in [-0.3, -0.25) is 0 Å². The number of methoxy groups -OCH3 is 1. The van der Waals surface area contributed by atoms with Gasteiger partial charge < -0.3 is 10.5 Å². The number of nitrogens with two attached hydrogens (primary N) is 1. The molecule has 0 radical (unpaired) electrons. The van der Waals surface area contributed by atoms with Crippen LogP contribution in [0.5, 0.6) is 5.75 Å². The van der Waals surface area contributed by atoms with Crippen LogP contribution in [0, 0.1) is 11.7 Å². The molecular weight excluding hydrogens is 337 g/mol. The average Bonchev–Trinajstić information content (AvgIpc) is 3.12. The first-order valence-corrected chi connectivity index (χ1v) is 10.3. The molecule has 0 spiro atoms. The molecule has 0 bridgehead atoms. The molecule has 3 unspecified atom stereocenters. The van der Waals surface area contributed by atoms with Crippen LogP contribution < -0.4 is 10.5 Å². The summed E-state index contributed by atoms with van der Waals surface area (Å²) in [5.74, 6) is 1.94. The molecule has 2 aliphatic carbocycles. The lowest BCUT2D eigenvalue weighted by Crippen LogP contribution is -2.16. The second-order valence-corrected chi connectivity index (χ2v) is 8.40. The monoisotopic (exact) mass is 367 g/mol. The summed E-state index contributed by atoms with van der Waals surface area (Å²) < 4.78 is 19.0. The van der Waals surface area contributed by atoms with Crippen LogP contribution in [0.25, 0.3) is 0 Å². The summed E-state index contributed by atoms with van der Waals surface area (Å²) in [5.41, 5.74) is 11.6. The highest BCUT2D eigenvalue weighted by molar-refractivity contribution is 5.37. The minimum atomic E-state index is -0.182. The molecule has 3 heteroatoms. The Morgan fingerprint density at radius 2 is 1.96 bits per heavy atom. The van der Waals surface area contributed by atoms with E-state index in [1.54, 1.807) is 19.2 Å². The Morgan fingerprint density at radius 1 is 1.07 bits per heavy atom. The van der Waals surface area contributed by atoms with Gasteiger partial charge in [0.05, 0.1) is 7.11 Å². The number of hydrogen-bond donors (Lipinski definition) is 1. The lowest BCUT2D eigenvalue weighted by atomic mass is 9.79. The smallest absolute Gasteiger partial charge is 0.123 e. The van der Waals surface area contributed by atoms with Gasteiger partial charge in [0.25, 0.3) is 0 Å². The molecule has 0 aliphatic heterocycles. The van der Waals surface area contributed by atoms with Crippen molar-refractivity contribution in [2.24, 2.45) is 11.7 Å². The largest absolute Gasteiger partial charge is 0.496 e. The predicted octanol–water partition coefficient (Wildman–Crippen LogP) is 5.17. The highest BCUT2D eigenvalue weighted by Gasteiger charge is 2.25. The van der Waals surface area contributed by atoms with E-state index in [0.717, 1.165) is 49.8 Å². The Balaban J connectivity index is 1.39. The fourth-order valence-electron chi connectivity index (χ4n) is 4.97. The zero-order valence-corrected chi connectivity index (χ0v) is 16.2. The van der Waals surface area contributed by atoms with Crippen LogP contribution in [0.4, 0.5) is 4.39 Å². The van der Waals surface area contributed by atoms with E-state index >= 15 is 0 Å². The number of benzene rings is 2. The zero-order chi connectivity index (χ0) is 18.8. The average molecular weight is 368 g/mol. The van der Waals surface area contributed by atoms with E-state index in [1.165, 1.54) is 35.6 Å². The quantitative estimate of drug-likeness (QED) is 0.791. The van der Waals surface area contributed by atoms with Crippen molar-refractivity contribution in [3.8, 4) is 5.75 Å². The molecule has 4 rings (SSSR count). The van der Waals surface area contributed by atoms with Crippen molar-refractivity contribution in [3.05, 3.63) is 64.5 Å². The van der Waals surface area contributed by atoms with Crippen molar-refractivity contribution in [1.82, 2.24) is 0 Å². The highest BCUT2D eigenvalue weighted by atomic mass is 19.1. The summed E-state index contributed by atoms with van der Waals surface area (Å²) in [4.78, 5) is 0. The number of hydrogen-bond acceptors (Lipinski definition) is 2. The van der Waals surface area contributed by atoms with Gasteiger partial charge in [-0.15, -0.1) is 0 Å². The molecule has 2 aromatic rings. The van der Waals surface area contributed by atoms with E-state index in [4.69, 9.17) is 10.5 Å². The minimum Gasteiger partial charge on any atom is -0.496 e. The van der Waals surface area contributed by atoms with Crippen LogP contribution in [0.15, 0.2) is 36.4 Å². The molecule has 2 aliphatic rings. The molecule has 144 valence electrons. The van der Waals surface area contributed by atoms with Gasteiger partial charge >= 0.3 is 0 Å². The van der Waals surface area contributed by atoms with Crippen molar-refractivity contribution < 1.29 is 9.13 Å². The summed E-state index contributed by atoms with van der Waals surface area (Å²) >= 11 is 0. The van der Waals surface area contributed by atoms with Gasteiger partial charge in [-0.05, 0) is 104 Å². The molecular formula is C24H30FNO. The van der Waals surface area contributed by atoms with Crippen molar-refractivity contribution in [1.29, 1.82) is 0 Å². The Morgan fingerprint density at radius 3 is 2.74 bits per heavy atom. The summed E-state index contributed by atoms with van der Waals surface area (Å²) in [6.45, 7) is 0. The van der Waals surface area contributed by atoms with Crippen molar-refractivity contribution in [2.45, 2.75) is 63.3 Å². The van der Waals surface area contributed by atoms with E-state index in [2.05, 4.69) is 18.2 Å². The third kappa shape index (κ3) is 4.19. The predicted molar refractivity (Wildman–Crippen MR) is 108 cm³/mol. The van der Waals surface area contributed by atoms with Gasteiger partial charge in [-0.1, -0.05) is 18.2 Å². The molecule has 2 nitrogen and oxygen atoms in total. The van der Waals surface area contributed by atoms with E-state index in [-0.39, 0.29) is 5.82 Å². The van der Waals surface area contributed by atoms with Crippen LogP contribution in [0.3, 0.4) is 0 Å². The van der Waals surface area contributed by atoms with Gasteiger partial charge in [-0.25, -0.2) is 4.39 Å². The van der Waals surface area contributed by atoms with Crippen molar-refractivity contribution >= 4 is 0 Å². The fraction of sp³-hybridized carbons (Fsp3) is 0.500. The van der Waals surface area contributed by atoms with E-state index < -0.39 is 0 Å². The summed E-state index contributed by atoms with van der Waals surface area (Å²) in [5, 5.41) is 0. The van der Waals surface area contributed by atoms with Crippen LogP contribution in [-0.2, 0) is 19.3 Å². The topological polar surface area (TPSA) is 35.2 Å². The molecule has 2 aromatic carbocycles. The summed E-state index contributed by atoms with van der Waals surface area (Å²) in [6.07, 6.45) is 9.00. The first-order valence-electron chi connectivity index (χ1n) is 10.3. The molecule has 1 fully saturated rings. The summed E-state index contributed by atoms with van der Waals surface area (Å²) in [7, 11) is 1.66. The first-order chi connectivity index (χ1) is 13.1. The Kier molecular flexibility index (Phi) is 5.49. The third-order valence-electron chi connectivity index (χ3n) is 6.57. The minimum absolute atomic E-state index is 0.182. The third-order valence-corrected chi connectivity index (χ3v) is 6.57. The van der Waals surface area contributed by atoms with Crippen LogP contribution >= 0.6 is 0 Å². The molecule has 27 heavy (non-hydrogen) atoms. The molecule has 1 saturated carbocycles. The second-order valence-electron chi connectivity index (χ2n) is 8.40. The molecule has 0 aromatic heterocycles. The molecule has 2 N–H and O–H groups in total. The lowest BCUT2D eigenvalue weighted by Gasteiger charge is -2.26. The fourth-order valence-corrected chi connectivity index (χ4v) is 4.97. The van der Waals surface area contributed by atoms with Crippen LogP contribution in [0.2, 0.25) is 0 Å². The lowest BCUT2D eigenvalue weighted by molar-refractivity contribution is 0.396. The van der Waals surface area contributed by atoms with E-state index in [1.807, 2.05) is 0 Å². The number of halogens is 1. The molecule has 0 heterocycles. The van der Waals surface area contributed by atoms with E-state index in [0.29, 0.717) is 17.9 Å². The number of fused-ring (bicyclic) bond motifs is 1. The van der Waals surface area contributed by atoms with E-state index in [9.17, 15) is 4.39 Å². The normalized spacial score (nSPS) is 24.6. The van der Waals surface area contributed by atoms with Gasteiger partial charge in [0.1, 0.15) is 11.6 Å². The Bertz CT molecular complexity index is 803. The van der Waals surface area contributed by atoms with Crippen molar-refractivity contribution in [2.75, 3.05) is 7.11 Å². The maximum atomic E-state index is 13.6. The second kappa shape index (κ2) is 8.02. The standard InChI is InChI=1S/C24H30FNO/c1-27-24-11-9-22(25)14-21(24)5-3-16-2-4-18-13-19(7-6-17(18)12-16)20-8-10-23(26)15-20/h6-7,9,11,13-14,16,20,23H,2-5,8,10,12,15,26H2,1H3. The molecule has 3 atom stereocenters. The maximum absolute atomic E-state index is 13.6. The maximum Gasteiger partial charge on any atom is 0.123 e.